The average molecular weight is 298 g/mol. The molecule has 0 saturated heterocycles. The molecule has 0 aromatic heterocycles. The Bertz CT molecular complexity index is 623. The summed E-state index contributed by atoms with van der Waals surface area (Å²) >= 11 is 5.84. The molecule has 2 rings (SSSR count). The standard InChI is InChI=1S/C13H10BClF2O3/c15-12-5-9(16)2-1-8(12)7-20-13-6-10(17)3-4-11(13)14(18)19/h1-6,18-19H,7H2. The molecule has 2 aromatic carbocycles. The van der Waals surface area contributed by atoms with Gasteiger partial charge in [-0.2, -0.15) is 0 Å². The molecule has 0 heterocycles. The van der Waals surface area contributed by atoms with Crippen LogP contribution in [-0.4, -0.2) is 17.2 Å². The first kappa shape index (κ1) is 14.8. The molecule has 0 radical (unpaired) electrons. The Morgan fingerprint density at radius 3 is 2.35 bits per heavy atom. The molecular weight excluding hydrogens is 288 g/mol. The Balaban J connectivity index is 2.20. The number of benzene rings is 2. The van der Waals surface area contributed by atoms with Gasteiger partial charge in [0.15, 0.2) is 0 Å². The van der Waals surface area contributed by atoms with Crippen LogP contribution < -0.4 is 10.2 Å². The molecule has 7 heteroatoms. The minimum atomic E-state index is -1.78. The van der Waals surface area contributed by atoms with Gasteiger partial charge in [0.25, 0.3) is 0 Å². The summed E-state index contributed by atoms with van der Waals surface area (Å²) in [6, 6.07) is 7.12. The number of hydrogen-bond donors (Lipinski definition) is 2. The molecule has 0 spiro atoms. The van der Waals surface area contributed by atoms with Crippen molar-refractivity contribution in [2.45, 2.75) is 6.61 Å². The molecule has 0 bridgehead atoms. The van der Waals surface area contributed by atoms with E-state index in [1.165, 1.54) is 18.2 Å². The maximum Gasteiger partial charge on any atom is 0.492 e. The normalized spacial score (nSPS) is 10.4. The SMILES string of the molecule is OB(O)c1ccc(F)cc1OCc1ccc(F)cc1Cl. The Morgan fingerprint density at radius 1 is 1.05 bits per heavy atom. The summed E-state index contributed by atoms with van der Waals surface area (Å²) in [7, 11) is -1.78. The van der Waals surface area contributed by atoms with E-state index in [2.05, 4.69) is 0 Å². The van der Waals surface area contributed by atoms with Crippen LogP contribution in [0.2, 0.25) is 5.02 Å². The summed E-state index contributed by atoms with van der Waals surface area (Å²) in [5.74, 6) is -1.06. The van der Waals surface area contributed by atoms with Crippen molar-refractivity contribution in [1.82, 2.24) is 0 Å². The highest BCUT2D eigenvalue weighted by atomic mass is 35.5. The number of ether oxygens (including phenoxy) is 1. The van der Waals surface area contributed by atoms with Gasteiger partial charge in [-0.3, -0.25) is 0 Å². The average Bonchev–Trinajstić information content (AvgIpc) is 2.37. The third-order valence-corrected chi connectivity index (χ3v) is 3.00. The molecule has 0 amide bonds. The predicted molar refractivity (Wildman–Crippen MR) is 72.0 cm³/mol. The Hall–Kier alpha value is -1.63. The zero-order chi connectivity index (χ0) is 14.7. The third-order valence-electron chi connectivity index (χ3n) is 2.65. The van der Waals surface area contributed by atoms with Crippen LogP contribution in [0.15, 0.2) is 36.4 Å². The van der Waals surface area contributed by atoms with Gasteiger partial charge in [0.2, 0.25) is 0 Å². The Morgan fingerprint density at radius 2 is 1.70 bits per heavy atom. The fourth-order valence-electron chi connectivity index (χ4n) is 1.64. The molecule has 20 heavy (non-hydrogen) atoms. The summed E-state index contributed by atoms with van der Waals surface area (Å²) in [6.07, 6.45) is 0. The van der Waals surface area contributed by atoms with Gasteiger partial charge in [0.1, 0.15) is 24.0 Å². The summed E-state index contributed by atoms with van der Waals surface area (Å²) in [5, 5.41) is 18.5. The van der Waals surface area contributed by atoms with Crippen LogP contribution in [0.1, 0.15) is 5.56 Å². The van der Waals surface area contributed by atoms with Gasteiger partial charge in [0.05, 0.1) is 5.02 Å². The monoisotopic (exact) mass is 298 g/mol. The first-order valence-corrected chi connectivity index (χ1v) is 6.07. The van der Waals surface area contributed by atoms with E-state index < -0.39 is 18.8 Å². The molecular formula is C13H10BClF2O3. The summed E-state index contributed by atoms with van der Waals surface area (Å²) in [6.45, 7) is -0.0533. The van der Waals surface area contributed by atoms with Crippen molar-refractivity contribution in [3.05, 3.63) is 58.6 Å². The second-order valence-corrected chi connectivity index (χ2v) is 4.49. The van der Waals surface area contributed by atoms with E-state index in [1.54, 1.807) is 0 Å². The van der Waals surface area contributed by atoms with Gasteiger partial charge >= 0.3 is 7.12 Å². The van der Waals surface area contributed by atoms with Gasteiger partial charge in [0, 0.05) is 17.1 Å². The molecule has 0 unspecified atom stereocenters. The van der Waals surface area contributed by atoms with Crippen LogP contribution in [0.5, 0.6) is 5.75 Å². The Kier molecular flexibility index (Phi) is 4.59. The van der Waals surface area contributed by atoms with Gasteiger partial charge in [-0.1, -0.05) is 23.7 Å². The highest BCUT2D eigenvalue weighted by Crippen LogP contribution is 2.20. The Labute approximate surface area is 119 Å². The van der Waals surface area contributed by atoms with Crippen LogP contribution in [-0.2, 0) is 6.61 Å². The van der Waals surface area contributed by atoms with Crippen LogP contribution in [0.25, 0.3) is 0 Å². The second kappa shape index (κ2) is 6.22. The quantitative estimate of drug-likeness (QED) is 0.847. The summed E-state index contributed by atoms with van der Waals surface area (Å²) in [5.41, 5.74) is 0.528. The largest absolute Gasteiger partial charge is 0.492 e. The first-order valence-electron chi connectivity index (χ1n) is 5.69. The van der Waals surface area contributed by atoms with Crippen molar-refractivity contribution in [2.24, 2.45) is 0 Å². The fourth-order valence-corrected chi connectivity index (χ4v) is 1.86. The van der Waals surface area contributed by atoms with Gasteiger partial charge < -0.3 is 14.8 Å². The van der Waals surface area contributed by atoms with E-state index in [-0.39, 0.29) is 22.8 Å². The van der Waals surface area contributed by atoms with E-state index in [9.17, 15) is 8.78 Å². The van der Waals surface area contributed by atoms with Gasteiger partial charge in [-0.05, 0) is 18.2 Å². The van der Waals surface area contributed by atoms with Crippen molar-refractivity contribution in [3.8, 4) is 5.75 Å². The number of halogens is 3. The highest BCUT2D eigenvalue weighted by molar-refractivity contribution is 6.59. The second-order valence-electron chi connectivity index (χ2n) is 4.08. The minimum Gasteiger partial charge on any atom is -0.489 e. The summed E-state index contributed by atoms with van der Waals surface area (Å²) in [4.78, 5) is 0. The van der Waals surface area contributed by atoms with Crippen LogP contribution in [0, 0.1) is 11.6 Å². The predicted octanol–water partition coefficient (Wildman–Crippen LogP) is 1.88. The first-order chi connectivity index (χ1) is 9.47. The van der Waals surface area contributed by atoms with E-state index in [1.807, 2.05) is 0 Å². The maximum absolute atomic E-state index is 13.1. The lowest BCUT2D eigenvalue weighted by molar-refractivity contribution is 0.305. The van der Waals surface area contributed by atoms with Gasteiger partial charge in [-0.25, -0.2) is 8.78 Å². The fraction of sp³-hybridized carbons (Fsp3) is 0.0769. The van der Waals surface area contributed by atoms with Crippen LogP contribution >= 0.6 is 11.6 Å². The maximum atomic E-state index is 13.1. The zero-order valence-electron chi connectivity index (χ0n) is 10.2. The lowest BCUT2D eigenvalue weighted by atomic mass is 9.79. The lowest BCUT2D eigenvalue weighted by Gasteiger charge is -2.12. The lowest BCUT2D eigenvalue weighted by Crippen LogP contribution is -2.31. The molecule has 3 nitrogen and oxygen atoms in total. The van der Waals surface area contributed by atoms with Crippen LogP contribution in [0.4, 0.5) is 8.78 Å². The molecule has 0 fully saturated rings. The third kappa shape index (κ3) is 3.48. The molecule has 0 aliphatic heterocycles. The minimum absolute atomic E-state index is 0.0135. The van der Waals surface area contributed by atoms with E-state index in [4.69, 9.17) is 26.4 Å². The van der Waals surface area contributed by atoms with Gasteiger partial charge in [-0.15, -0.1) is 0 Å². The topological polar surface area (TPSA) is 49.7 Å². The van der Waals surface area contributed by atoms with Crippen molar-refractivity contribution in [2.75, 3.05) is 0 Å². The molecule has 0 atom stereocenters. The van der Waals surface area contributed by atoms with Crippen molar-refractivity contribution in [1.29, 1.82) is 0 Å². The van der Waals surface area contributed by atoms with Crippen LogP contribution in [0.3, 0.4) is 0 Å². The van der Waals surface area contributed by atoms with E-state index in [0.717, 1.165) is 18.2 Å². The van der Waals surface area contributed by atoms with Crippen molar-refractivity contribution < 1.29 is 23.6 Å². The number of hydrogen-bond acceptors (Lipinski definition) is 3. The number of rotatable bonds is 4. The smallest absolute Gasteiger partial charge is 0.489 e. The van der Waals surface area contributed by atoms with E-state index >= 15 is 0 Å². The molecule has 104 valence electrons. The van der Waals surface area contributed by atoms with Crippen molar-refractivity contribution in [3.63, 3.8) is 0 Å². The zero-order valence-corrected chi connectivity index (χ0v) is 10.9. The van der Waals surface area contributed by atoms with Crippen molar-refractivity contribution >= 4 is 24.2 Å². The molecule has 2 N–H and O–H groups in total. The molecule has 0 aliphatic rings. The molecule has 2 aromatic rings. The van der Waals surface area contributed by atoms with E-state index in [0.29, 0.717) is 5.56 Å². The molecule has 0 aliphatic carbocycles. The summed E-state index contributed by atoms with van der Waals surface area (Å²) < 4.78 is 31.4. The highest BCUT2D eigenvalue weighted by Gasteiger charge is 2.18. The molecule has 0 saturated carbocycles.